The van der Waals surface area contributed by atoms with Gasteiger partial charge in [0.25, 0.3) is 5.91 Å². The quantitative estimate of drug-likeness (QED) is 0.267. The molecule has 4 aromatic rings. The van der Waals surface area contributed by atoms with Crippen molar-refractivity contribution < 1.29 is 23.4 Å². The van der Waals surface area contributed by atoms with Crippen molar-refractivity contribution in [1.29, 1.82) is 0 Å². The van der Waals surface area contributed by atoms with Crippen molar-refractivity contribution in [3.05, 3.63) is 65.7 Å². The molecule has 0 fully saturated rings. The smallest absolute Gasteiger partial charge is 0.257 e. The Kier molecular flexibility index (Phi) is 7.93. The van der Waals surface area contributed by atoms with Crippen molar-refractivity contribution in [2.75, 3.05) is 26.6 Å². The number of hydrogen-bond donors (Lipinski definition) is 2. The van der Waals surface area contributed by atoms with E-state index in [0.29, 0.717) is 40.3 Å². The van der Waals surface area contributed by atoms with Crippen molar-refractivity contribution in [3.8, 4) is 28.7 Å². The molecule has 1 atom stereocenters. The molecule has 0 aliphatic carbocycles. The Labute approximate surface area is 220 Å². The lowest BCUT2D eigenvalue weighted by molar-refractivity contribution is 0.0977. The van der Waals surface area contributed by atoms with E-state index >= 15 is 0 Å². The molecule has 0 radical (unpaired) electrons. The van der Waals surface area contributed by atoms with E-state index in [0.717, 1.165) is 23.1 Å². The summed E-state index contributed by atoms with van der Waals surface area (Å²) in [5.74, 6) is 1.73. The number of anilines is 1. The van der Waals surface area contributed by atoms with E-state index in [-0.39, 0.29) is 5.11 Å². The second kappa shape index (κ2) is 11.3. The lowest BCUT2D eigenvalue weighted by atomic mass is 9.98. The fourth-order valence-corrected chi connectivity index (χ4v) is 4.07. The number of nitrogens with zero attached hydrogens (tertiary/aromatic N) is 1. The summed E-state index contributed by atoms with van der Waals surface area (Å²) in [5, 5.41) is 5.83. The Bertz CT molecular complexity index is 1410. The van der Waals surface area contributed by atoms with Crippen LogP contribution in [0.25, 0.3) is 22.6 Å². The van der Waals surface area contributed by atoms with E-state index in [1.165, 1.54) is 26.9 Å². The van der Waals surface area contributed by atoms with Crippen LogP contribution in [0.4, 0.5) is 5.69 Å². The van der Waals surface area contributed by atoms with Crippen LogP contribution in [-0.2, 0) is 0 Å². The molecule has 0 unspecified atom stereocenters. The SMILES string of the molecule is CC[C@@H](C)c1ccc2oc(-c3ccc(NC(=S)NC(=O)c4cc(OC)c(OC)c(OC)c4)cc3)nc2c1. The number of hydrogen-bond acceptors (Lipinski definition) is 7. The molecule has 0 bridgehead atoms. The molecule has 0 saturated heterocycles. The van der Waals surface area contributed by atoms with Gasteiger partial charge in [-0.2, -0.15) is 0 Å². The maximum absolute atomic E-state index is 12.8. The van der Waals surface area contributed by atoms with E-state index in [1.807, 2.05) is 30.3 Å². The van der Waals surface area contributed by atoms with Crippen LogP contribution in [0.15, 0.2) is 59.0 Å². The molecule has 4 rings (SSSR count). The van der Waals surface area contributed by atoms with Gasteiger partial charge in [-0.1, -0.05) is 19.9 Å². The van der Waals surface area contributed by atoms with E-state index in [1.54, 1.807) is 12.1 Å². The van der Waals surface area contributed by atoms with Crippen LogP contribution >= 0.6 is 12.2 Å². The molecule has 192 valence electrons. The molecule has 3 aromatic carbocycles. The molecule has 37 heavy (non-hydrogen) atoms. The minimum absolute atomic E-state index is 0.144. The summed E-state index contributed by atoms with van der Waals surface area (Å²) in [6, 6.07) is 16.7. The minimum Gasteiger partial charge on any atom is -0.493 e. The van der Waals surface area contributed by atoms with Gasteiger partial charge in [0, 0.05) is 16.8 Å². The first-order valence-electron chi connectivity index (χ1n) is 11.8. The van der Waals surface area contributed by atoms with Crippen LogP contribution in [0.2, 0.25) is 0 Å². The number of carbonyl (C=O) groups excluding carboxylic acids is 1. The van der Waals surface area contributed by atoms with Crippen molar-refractivity contribution in [1.82, 2.24) is 10.3 Å². The van der Waals surface area contributed by atoms with E-state index in [4.69, 9.17) is 30.8 Å². The van der Waals surface area contributed by atoms with Gasteiger partial charge in [0.15, 0.2) is 22.2 Å². The topological polar surface area (TPSA) is 94.9 Å². The molecule has 8 nitrogen and oxygen atoms in total. The first-order valence-corrected chi connectivity index (χ1v) is 12.2. The van der Waals surface area contributed by atoms with Crippen LogP contribution in [0.5, 0.6) is 17.2 Å². The number of oxazole rings is 1. The Morgan fingerprint density at radius 2 is 1.68 bits per heavy atom. The third-order valence-corrected chi connectivity index (χ3v) is 6.34. The molecule has 2 N–H and O–H groups in total. The number of thiocarbonyl (C=S) groups is 1. The second-order valence-corrected chi connectivity index (χ2v) is 8.86. The van der Waals surface area contributed by atoms with Gasteiger partial charge in [-0.25, -0.2) is 4.98 Å². The number of methoxy groups -OCH3 is 3. The average molecular weight is 520 g/mol. The van der Waals surface area contributed by atoms with E-state index < -0.39 is 5.91 Å². The highest BCUT2D eigenvalue weighted by atomic mass is 32.1. The third kappa shape index (κ3) is 5.67. The predicted molar refractivity (Wildman–Crippen MR) is 148 cm³/mol. The van der Waals surface area contributed by atoms with Gasteiger partial charge in [-0.15, -0.1) is 0 Å². The molecule has 1 amide bonds. The Hall–Kier alpha value is -4.11. The van der Waals surface area contributed by atoms with E-state index in [2.05, 4.69) is 41.6 Å². The number of aromatic nitrogens is 1. The summed E-state index contributed by atoms with van der Waals surface area (Å²) >= 11 is 5.34. The fraction of sp³-hybridized carbons (Fsp3) is 0.250. The van der Waals surface area contributed by atoms with Crippen molar-refractivity contribution in [2.24, 2.45) is 0 Å². The van der Waals surface area contributed by atoms with Crippen LogP contribution in [-0.4, -0.2) is 37.3 Å². The summed E-state index contributed by atoms with van der Waals surface area (Å²) in [6.45, 7) is 4.37. The Morgan fingerprint density at radius 3 is 2.27 bits per heavy atom. The summed E-state index contributed by atoms with van der Waals surface area (Å²) in [4.78, 5) is 17.4. The maximum Gasteiger partial charge on any atom is 0.257 e. The minimum atomic E-state index is -0.420. The molecule has 1 aromatic heterocycles. The van der Waals surface area contributed by atoms with Gasteiger partial charge in [-0.05, 0) is 78.7 Å². The third-order valence-electron chi connectivity index (χ3n) is 6.14. The standard InChI is InChI=1S/C28H29N3O5S/c1-6-16(2)18-9-12-22-21(13-18)30-27(36-22)17-7-10-20(11-8-17)29-28(37)31-26(32)19-14-23(33-3)25(35-5)24(15-19)34-4/h7-16H,6H2,1-5H3,(H2,29,31,32,37)/t16-/m1/s1. The summed E-state index contributed by atoms with van der Waals surface area (Å²) in [5.41, 5.74) is 4.68. The predicted octanol–water partition coefficient (Wildman–Crippen LogP) is 6.16. The zero-order valence-corrected chi connectivity index (χ0v) is 22.2. The average Bonchev–Trinajstić information content (AvgIpc) is 3.35. The van der Waals surface area contributed by atoms with Crippen LogP contribution in [0, 0.1) is 0 Å². The molecule has 1 heterocycles. The van der Waals surface area contributed by atoms with Crippen molar-refractivity contribution in [2.45, 2.75) is 26.2 Å². The van der Waals surface area contributed by atoms with Gasteiger partial charge >= 0.3 is 0 Å². The van der Waals surface area contributed by atoms with E-state index in [9.17, 15) is 4.79 Å². The highest BCUT2D eigenvalue weighted by Crippen LogP contribution is 2.38. The van der Waals surface area contributed by atoms with Gasteiger partial charge in [-0.3, -0.25) is 10.1 Å². The Morgan fingerprint density at radius 1 is 1.00 bits per heavy atom. The molecule has 0 aliphatic heterocycles. The number of ether oxygens (including phenoxy) is 3. The van der Waals surface area contributed by atoms with Gasteiger partial charge in [0.2, 0.25) is 11.6 Å². The number of nitrogens with one attached hydrogen (secondary N) is 2. The maximum atomic E-state index is 12.8. The van der Waals surface area contributed by atoms with Crippen molar-refractivity contribution in [3.63, 3.8) is 0 Å². The van der Waals surface area contributed by atoms with Gasteiger partial charge in [0.05, 0.1) is 21.3 Å². The number of benzene rings is 3. The van der Waals surface area contributed by atoms with Crippen LogP contribution < -0.4 is 24.8 Å². The zero-order chi connectivity index (χ0) is 26.5. The molecular formula is C28H29N3O5S. The van der Waals surface area contributed by atoms with Crippen LogP contribution in [0.3, 0.4) is 0 Å². The number of rotatable bonds is 8. The van der Waals surface area contributed by atoms with Gasteiger partial charge < -0.3 is 23.9 Å². The second-order valence-electron chi connectivity index (χ2n) is 8.46. The highest BCUT2D eigenvalue weighted by molar-refractivity contribution is 7.80. The largest absolute Gasteiger partial charge is 0.493 e. The normalized spacial score (nSPS) is 11.6. The molecule has 0 aliphatic rings. The summed E-state index contributed by atoms with van der Waals surface area (Å²) in [7, 11) is 4.47. The molecule has 9 heteroatoms. The lowest BCUT2D eigenvalue weighted by Crippen LogP contribution is -2.34. The first kappa shape index (κ1) is 26.0. The molecular weight excluding hydrogens is 490 g/mol. The number of amides is 1. The summed E-state index contributed by atoms with van der Waals surface area (Å²) < 4.78 is 21.9. The monoisotopic (exact) mass is 519 g/mol. The lowest BCUT2D eigenvalue weighted by Gasteiger charge is -2.14. The van der Waals surface area contributed by atoms with Crippen LogP contribution in [0.1, 0.15) is 42.1 Å². The Balaban J connectivity index is 1.44. The fourth-order valence-electron chi connectivity index (χ4n) is 3.86. The number of carbonyl (C=O) groups is 1. The summed E-state index contributed by atoms with van der Waals surface area (Å²) in [6.07, 6.45) is 1.06. The van der Waals surface area contributed by atoms with Crippen molar-refractivity contribution >= 4 is 40.0 Å². The highest BCUT2D eigenvalue weighted by Gasteiger charge is 2.18. The molecule has 0 saturated carbocycles. The number of fused-ring (bicyclic) bond motifs is 1. The zero-order valence-electron chi connectivity index (χ0n) is 21.4. The molecule has 0 spiro atoms. The first-order chi connectivity index (χ1) is 17.9. The van der Waals surface area contributed by atoms with Gasteiger partial charge in [0.1, 0.15) is 5.52 Å².